The molecule has 5 unspecified atom stereocenters. The fourth-order valence-electron chi connectivity index (χ4n) is 5.02. The second kappa shape index (κ2) is 14.7. The SMILES string of the molecule is CCCSc1nc2c(N)ccnc2n1[C@@H]1O[C@H](COP(=O)(O)OP(=O)(O)OC[C@H]2O[C@@H]([n+]3cccc(C(N)=O)c3)C(O)C2O)[C@H](O)C1O. The zero-order chi connectivity index (χ0) is 35.0. The molecule has 10 atom stereocenters. The van der Waals surface area contributed by atoms with Gasteiger partial charge in [0.2, 0.25) is 0 Å². The number of aromatic nitrogens is 4. The first-order valence-corrected chi connectivity index (χ1v) is 18.3. The van der Waals surface area contributed by atoms with E-state index in [0.717, 1.165) is 6.42 Å². The lowest BCUT2D eigenvalue weighted by molar-refractivity contribution is -0.765. The number of thioether (sulfide) groups is 1. The minimum Gasteiger partial charge on any atom is -0.397 e. The maximum absolute atomic E-state index is 12.6. The van der Waals surface area contributed by atoms with Crippen LogP contribution in [-0.4, -0.2) is 106 Å². The van der Waals surface area contributed by atoms with Crippen molar-refractivity contribution in [1.82, 2.24) is 14.5 Å². The van der Waals surface area contributed by atoms with Gasteiger partial charge in [-0.25, -0.2) is 19.1 Å². The van der Waals surface area contributed by atoms with Gasteiger partial charge in [0.05, 0.1) is 18.9 Å². The van der Waals surface area contributed by atoms with Crippen LogP contribution in [0.25, 0.3) is 11.2 Å². The number of rotatable bonds is 14. The number of amides is 1. The number of fused-ring (bicyclic) bond motifs is 1. The molecular formula is C25H35N6O14P2S+. The minimum absolute atomic E-state index is 0.0724. The van der Waals surface area contributed by atoms with E-state index in [1.165, 1.54) is 51.6 Å². The Balaban J connectivity index is 1.19. The number of aliphatic hydroxyl groups is 4. The Morgan fingerprint density at radius 1 is 1.04 bits per heavy atom. The molecule has 3 aromatic heterocycles. The van der Waals surface area contributed by atoms with Crippen molar-refractivity contribution in [2.24, 2.45) is 5.73 Å². The molecule has 0 bridgehead atoms. The number of phosphoric acid groups is 2. The summed E-state index contributed by atoms with van der Waals surface area (Å²) in [5.74, 6) is -0.117. The minimum atomic E-state index is -5.39. The number of primary amides is 1. The number of imidazole rings is 1. The van der Waals surface area contributed by atoms with Gasteiger partial charge in [0.25, 0.3) is 12.1 Å². The molecule has 10 N–H and O–H groups in total. The largest absolute Gasteiger partial charge is 0.481 e. The Labute approximate surface area is 276 Å². The van der Waals surface area contributed by atoms with E-state index >= 15 is 0 Å². The molecule has 2 saturated heterocycles. The first kappa shape index (κ1) is 36.7. The van der Waals surface area contributed by atoms with E-state index in [2.05, 4.69) is 14.3 Å². The third kappa shape index (κ3) is 7.90. The van der Waals surface area contributed by atoms with Gasteiger partial charge in [0.1, 0.15) is 41.6 Å². The lowest BCUT2D eigenvalue weighted by Gasteiger charge is -2.20. The Bertz CT molecular complexity index is 1740. The number of ether oxygens (including phenoxy) is 2. The number of nitrogens with zero attached hydrogens (tertiary/aromatic N) is 4. The van der Waals surface area contributed by atoms with Crippen LogP contribution in [0.4, 0.5) is 5.69 Å². The van der Waals surface area contributed by atoms with E-state index in [1.807, 2.05) is 6.92 Å². The zero-order valence-electron chi connectivity index (χ0n) is 25.1. The number of hydrogen-bond acceptors (Lipinski definition) is 16. The van der Waals surface area contributed by atoms with E-state index < -0.39 is 83.8 Å². The molecule has 48 heavy (non-hydrogen) atoms. The molecule has 0 aromatic carbocycles. The smallest absolute Gasteiger partial charge is 0.397 e. The number of hydrogen-bond donors (Lipinski definition) is 8. The van der Waals surface area contributed by atoms with Gasteiger partial charge >= 0.3 is 15.6 Å². The fourth-order valence-corrected chi connectivity index (χ4v) is 7.98. The quantitative estimate of drug-likeness (QED) is 0.0564. The lowest BCUT2D eigenvalue weighted by Crippen LogP contribution is -2.46. The first-order chi connectivity index (χ1) is 22.6. The number of nitrogen functional groups attached to an aromatic ring is 1. The lowest BCUT2D eigenvalue weighted by atomic mass is 10.1. The second-order valence-corrected chi connectivity index (χ2v) is 14.9. The van der Waals surface area contributed by atoms with Gasteiger partial charge in [-0.2, -0.15) is 8.88 Å². The van der Waals surface area contributed by atoms with E-state index in [1.54, 1.807) is 6.07 Å². The Morgan fingerprint density at radius 3 is 2.33 bits per heavy atom. The molecule has 2 fully saturated rings. The van der Waals surface area contributed by atoms with Gasteiger partial charge in [0.15, 0.2) is 35.5 Å². The van der Waals surface area contributed by atoms with E-state index in [-0.39, 0.29) is 11.2 Å². The molecule has 2 aliphatic rings. The van der Waals surface area contributed by atoms with Gasteiger partial charge in [-0.1, -0.05) is 18.7 Å². The second-order valence-electron chi connectivity index (χ2n) is 10.8. The number of carbonyl (C=O) groups excluding carboxylic acids is 1. The summed E-state index contributed by atoms with van der Waals surface area (Å²) in [5.41, 5.74) is 12.3. The summed E-state index contributed by atoms with van der Waals surface area (Å²) in [4.78, 5) is 40.5. The normalized spacial score (nSPS) is 30.0. The average molecular weight is 738 g/mol. The molecule has 0 spiro atoms. The van der Waals surface area contributed by atoms with Crippen molar-refractivity contribution in [3.05, 3.63) is 42.4 Å². The maximum Gasteiger partial charge on any atom is 0.481 e. The Hall–Kier alpha value is -2.59. The molecule has 20 nitrogen and oxygen atoms in total. The van der Waals surface area contributed by atoms with Crippen molar-refractivity contribution >= 4 is 50.2 Å². The van der Waals surface area contributed by atoms with Crippen LogP contribution in [0, 0.1) is 0 Å². The molecule has 0 saturated carbocycles. The molecule has 23 heteroatoms. The molecule has 0 aliphatic carbocycles. The summed E-state index contributed by atoms with van der Waals surface area (Å²) >= 11 is 1.33. The van der Waals surface area contributed by atoms with Crippen LogP contribution in [0.3, 0.4) is 0 Å². The number of carbonyl (C=O) groups is 1. The molecule has 3 aromatic rings. The van der Waals surface area contributed by atoms with Gasteiger partial charge in [0, 0.05) is 18.0 Å². The molecule has 1 amide bonds. The van der Waals surface area contributed by atoms with Crippen LogP contribution in [0.5, 0.6) is 0 Å². The highest BCUT2D eigenvalue weighted by Gasteiger charge is 2.50. The summed E-state index contributed by atoms with van der Waals surface area (Å²) in [6.45, 7) is 0.171. The van der Waals surface area contributed by atoms with Crippen LogP contribution < -0.4 is 16.0 Å². The maximum atomic E-state index is 12.6. The van der Waals surface area contributed by atoms with Crippen LogP contribution in [0.15, 0.2) is 41.9 Å². The highest BCUT2D eigenvalue weighted by Crippen LogP contribution is 2.60. The standard InChI is InChI=1S/C25H34N6O14P2S/c1-2-8-48-25-29-16-13(26)5-6-28-22(16)31(25)24-20(35)18(33)15(44-24)11-42-47(39,40)45-46(37,38)41-10-14-17(32)19(34)23(43-14)30-7-3-4-12(9-30)21(27)36/h3-7,9,14-15,17-20,23-24,32-35H,2,8,10-11H2,1H3,(H5-,26,27,28,36,37,38,39,40)/p+1/t14-,15-,17?,18+,19?,20?,23-,24-/m1/s1. The summed E-state index contributed by atoms with van der Waals surface area (Å²) in [5, 5.41) is 42.8. The van der Waals surface area contributed by atoms with E-state index in [0.29, 0.717) is 22.1 Å². The monoisotopic (exact) mass is 737 g/mol. The van der Waals surface area contributed by atoms with E-state index in [9.17, 15) is 44.1 Å². The molecule has 5 rings (SSSR count). The van der Waals surface area contributed by atoms with Crippen LogP contribution in [0.1, 0.15) is 36.2 Å². The third-order valence-electron chi connectivity index (χ3n) is 7.35. The summed E-state index contributed by atoms with van der Waals surface area (Å²) in [6.07, 6.45) is -6.97. The third-order valence-corrected chi connectivity index (χ3v) is 11.1. The highest BCUT2D eigenvalue weighted by atomic mass is 32.2. The summed E-state index contributed by atoms with van der Waals surface area (Å²) in [7, 11) is -10.8. The first-order valence-electron chi connectivity index (χ1n) is 14.4. The van der Waals surface area contributed by atoms with Crippen molar-refractivity contribution in [3.63, 3.8) is 0 Å². The predicted molar refractivity (Wildman–Crippen MR) is 163 cm³/mol. The van der Waals surface area contributed by atoms with Crippen molar-refractivity contribution in [2.45, 2.75) is 67.6 Å². The van der Waals surface area contributed by atoms with Crippen molar-refractivity contribution < 1.29 is 71.5 Å². The highest BCUT2D eigenvalue weighted by molar-refractivity contribution is 7.99. The molecule has 0 radical (unpaired) electrons. The molecular weight excluding hydrogens is 702 g/mol. The van der Waals surface area contributed by atoms with Crippen molar-refractivity contribution in [1.29, 1.82) is 0 Å². The Kier molecular flexibility index (Phi) is 11.2. The number of phosphoric ester groups is 2. The van der Waals surface area contributed by atoms with Crippen molar-refractivity contribution in [2.75, 3.05) is 24.7 Å². The van der Waals surface area contributed by atoms with Gasteiger partial charge in [-0.15, -0.1) is 0 Å². The topological polar surface area (TPSA) is 305 Å². The average Bonchev–Trinajstić information content (AvgIpc) is 3.64. The number of anilines is 1. The molecule has 5 heterocycles. The van der Waals surface area contributed by atoms with Crippen LogP contribution >= 0.6 is 27.4 Å². The van der Waals surface area contributed by atoms with Crippen LogP contribution in [-0.2, 0) is 32.0 Å². The number of nitrogens with two attached hydrogens (primary N) is 2. The summed E-state index contributed by atoms with van der Waals surface area (Å²) in [6, 6.07) is 4.39. The number of aliphatic hydroxyl groups excluding tert-OH is 4. The van der Waals surface area contributed by atoms with Gasteiger partial charge in [-0.3, -0.25) is 18.4 Å². The van der Waals surface area contributed by atoms with E-state index in [4.69, 9.17) is 30.0 Å². The van der Waals surface area contributed by atoms with Crippen LogP contribution in [0.2, 0.25) is 0 Å². The predicted octanol–water partition coefficient (Wildman–Crippen LogP) is -0.909. The zero-order valence-corrected chi connectivity index (χ0v) is 27.7. The van der Waals surface area contributed by atoms with Gasteiger partial charge < -0.3 is 51.2 Å². The number of pyridine rings is 2. The van der Waals surface area contributed by atoms with Gasteiger partial charge in [-0.05, 0) is 18.6 Å². The molecule has 2 aliphatic heterocycles. The molecule has 264 valence electrons. The summed E-state index contributed by atoms with van der Waals surface area (Å²) < 4.78 is 53.0. The van der Waals surface area contributed by atoms with Crippen molar-refractivity contribution in [3.8, 4) is 0 Å². The Morgan fingerprint density at radius 2 is 1.69 bits per heavy atom. The fraction of sp³-hybridized carbons (Fsp3) is 0.520.